The Kier molecular flexibility index (Phi) is 4.23. The number of hydrogen-bond donors (Lipinski definition) is 1. The molecule has 0 bridgehead atoms. The number of nitrogens with zero attached hydrogens (tertiary/aromatic N) is 5. The van der Waals surface area contributed by atoms with Gasteiger partial charge in [0.15, 0.2) is 5.65 Å². The predicted octanol–water partition coefficient (Wildman–Crippen LogP) is 1.56. The zero-order valence-corrected chi connectivity index (χ0v) is 15.5. The Balaban J connectivity index is 1.17. The van der Waals surface area contributed by atoms with Crippen molar-refractivity contribution >= 4 is 17.5 Å². The highest BCUT2D eigenvalue weighted by Gasteiger charge is 2.26. The summed E-state index contributed by atoms with van der Waals surface area (Å²) in [6.45, 7) is 3.35. The van der Waals surface area contributed by atoms with Crippen molar-refractivity contribution in [1.82, 2.24) is 24.8 Å². The largest absolute Gasteiger partial charge is 0.491 e. The van der Waals surface area contributed by atoms with E-state index >= 15 is 0 Å². The van der Waals surface area contributed by atoms with Gasteiger partial charge in [-0.2, -0.15) is 0 Å². The summed E-state index contributed by atoms with van der Waals surface area (Å²) >= 11 is 0. The second-order valence-electron chi connectivity index (χ2n) is 7.16. The lowest BCUT2D eigenvalue weighted by molar-refractivity contribution is 0.178. The molecule has 1 N–H and O–H groups in total. The minimum atomic E-state index is -0.0225. The van der Waals surface area contributed by atoms with E-state index in [2.05, 4.69) is 26.4 Å². The Hall–Kier alpha value is -3.29. The van der Waals surface area contributed by atoms with Crippen LogP contribution in [-0.4, -0.2) is 64.4 Å². The normalized spacial score (nSPS) is 19.2. The van der Waals surface area contributed by atoms with Gasteiger partial charge in [0.25, 0.3) is 0 Å². The molecular formula is C20H22N6O2. The van der Waals surface area contributed by atoms with Crippen molar-refractivity contribution in [3.05, 3.63) is 54.4 Å². The number of amides is 2. The van der Waals surface area contributed by atoms with Gasteiger partial charge >= 0.3 is 6.03 Å². The van der Waals surface area contributed by atoms with E-state index < -0.39 is 0 Å². The first kappa shape index (κ1) is 16.9. The number of fused-ring (bicyclic) bond motifs is 2. The lowest BCUT2D eigenvalue weighted by atomic mass is 10.0. The number of benzene rings is 1. The minimum absolute atomic E-state index is 0.00532. The first-order chi connectivity index (χ1) is 13.8. The number of anilines is 1. The number of hydrogen-bond acceptors (Lipinski definition) is 5. The van der Waals surface area contributed by atoms with Gasteiger partial charge in [-0.25, -0.2) is 14.3 Å². The Bertz CT molecular complexity index is 995. The summed E-state index contributed by atoms with van der Waals surface area (Å²) in [4.78, 5) is 21.0. The number of aromatic nitrogens is 3. The van der Waals surface area contributed by atoms with Crippen molar-refractivity contribution in [3.63, 3.8) is 0 Å². The smallest absolute Gasteiger partial charge is 0.317 e. The molecule has 1 saturated heterocycles. The van der Waals surface area contributed by atoms with Crippen molar-refractivity contribution in [2.24, 2.45) is 0 Å². The highest BCUT2D eigenvalue weighted by molar-refractivity contribution is 5.75. The fraction of sp³-hybridized carbons (Fsp3) is 0.350. The zero-order valence-electron chi connectivity index (χ0n) is 15.5. The standard InChI is InChI=1S/C20H22N6O2/c27-20(22-16-13-15-3-1-2-4-17(15)28-14-16)25-11-9-24(10-12-25)19-6-5-18-21-7-8-26(18)23-19/h1-8,16H,9-14H2,(H,22,27). The van der Waals surface area contributed by atoms with E-state index in [0.29, 0.717) is 19.7 Å². The zero-order chi connectivity index (χ0) is 18.9. The molecule has 3 aromatic rings. The van der Waals surface area contributed by atoms with Crippen LogP contribution in [0.3, 0.4) is 0 Å². The van der Waals surface area contributed by atoms with Crippen LogP contribution in [0, 0.1) is 0 Å². The van der Waals surface area contributed by atoms with Crippen LogP contribution in [0.25, 0.3) is 5.65 Å². The van der Waals surface area contributed by atoms with Crippen LogP contribution in [0.2, 0.25) is 0 Å². The number of nitrogens with one attached hydrogen (secondary N) is 1. The van der Waals surface area contributed by atoms with E-state index in [9.17, 15) is 4.79 Å². The average molecular weight is 378 g/mol. The Labute approximate surface area is 162 Å². The van der Waals surface area contributed by atoms with E-state index in [-0.39, 0.29) is 12.1 Å². The highest BCUT2D eigenvalue weighted by atomic mass is 16.5. The van der Waals surface area contributed by atoms with Crippen molar-refractivity contribution in [2.75, 3.05) is 37.7 Å². The number of imidazole rings is 1. The monoisotopic (exact) mass is 378 g/mol. The van der Waals surface area contributed by atoms with Crippen LogP contribution < -0.4 is 15.0 Å². The highest BCUT2D eigenvalue weighted by Crippen LogP contribution is 2.24. The summed E-state index contributed by atoms with van der Waals surface area (Å²) < 4.78 is 7.54. The van der Waals surface area contributed by atoms with Gasteiger partial charge in [0.2, 0.25) is 0 Å². The Morgan fingerprint density at radius 3 is 2.86 bits per heavy atom. The topological polar surface area (TPSA) is 75.0 Å². The van der Waals surface area contributed by atoms with E-state index in [1.54, 1.807) is 10.7 Å². The Morgan fingerprint density at radius 2 is 1.96 bits per heavy atom. The molecule has 2 amide bonds. The van der Waals surface area contributed by atoms with Gasteiger partial charge in [0.1, 0.15) is 18.2 Å². The lowest BCUT2D eigenvalue weighted by Gasteiger charge is -2.36. The van der Waals surface area contributed by atoms with Gasteiger partial charge in [-0.15, -0.1) is 5.10 Å². The molecule has 0 radical (unpaired) electrons. The predicted molar refractivity (Wildman–Crippen MR) is 105 cm³/mol. The molecular weight excluding hydrogens is 356 g/mol. The fourth-order valence-corrected chi connectivity index (χ4v) is 3.80. The van der Waals surface area contributed by atoms with Gasteiger partial charge in [0, 0.05) is 38.6 Å². The van der Waals surface area contributed by atoms with Crippen molar-refractivity contribution in [2.45, 2.75) is 12.5 Å². The maximum absolute atomic E-state index is 12.7. The molecule has 1 aromatic carbocycles. The molecule has 0 spiro atoms. The maximum atomic E-state index is 12.7. The van der Waals surface area contributed by atoms with E-state index in [1.165, 1.54) is 0 Å². The van der Waals surface area contributed by atoms with E-state index in [1.807, 2.05) is 41.4 Å². The average Bonchev–Trinajstić information content (AvgIpc) is 3.21. The molecule has 1 atom stereocenters. The van der Waals surface area contributed by atoms with Gasteiger partial charge in [-0.1, -0.05) is 18.2 Å². The summed E-state index contributed by atoms with van der Waals surface area (Å²) in [5, 5.41) is 7.71. The number of piperazine rings is 1. The molecule has 0 aliphatic carbocycles. The number of para-hydroxylation sites is 1. The third kappa shape index (κ3) is 3.21. The van der Waals surface area contributed by atoms with Crippen molar-refractivity contribution in [3.8, 4) is 5.75 Å². The molecule has 8 nitrogen and oxygen atoms in total. The Morgan fingerprint density at radius 1 is 1.11 bits per heavy atom. The number of ether oxygens (including phenoxy) is 1. The third-order valence-electron chi connectivity index (χ3n) is 5.34. The quantitative estimate of drug-likeness (QED) is 0.733. The second-order valence-corrected chi connectivity index (χ2v) is 7.16. The molecule has 2 aliphatic heterocycles. The number of rotatable bonds is 2. The molecule has 0 saturated carbocycles. The lowest BCUT2D eigenvalue weighted by Crippen LogP contribution is -2.55. The van der Waals surface area contributed by atoms with E-state index in [4.69, 9.17) is 4.74 Å². The van der Waals surface area contributed by atoms with Gasteiger partial charge < -0.3 is 19.9 Å². The summed E-state index contributed by atoms with van der Waals surface area (Å²) in [7, 11) is 0. The molecule has 4 heterocycles. The van der Waals surface area contributed by atoms with Crippen LogP contribution in [0.1, 0.15) is 5.56 Å². The van der Waals surface area contributed by atoms with Gasteiger partial charge in [-0.3, -0.25) is 0 Å². The van der Waals surface area contributed by atoms with Crippen LogP contribution >= 0.6 is 0 Å². The number of urea groups is 1. The molecule has 28 heavy (non-hydrogen) atoms. The fourth-order valence-electron chi connectivity index (χ4n) is 3.80. The van der Waals surface area contributed by atoms with Crippen LogP contribution in [0.4, 0.5) is 10.6 Å². The molecule has 2 aromatic heterocycles. The maximum Gasteiger partial charge on any atom is 0.317 e. The number of carbonyl (C=O) groups is 1. The van der Waals surface area contributed by atoms with Crippen LogP contribution in [-0.2, 0) is 6.42 Å². The number of carbonyl (C=O) groups excluding carboxylic acids is 1. The van der Waals surface area contributed by atoms with E-state index in [0.717, 1.165) is 42.3 Å². The second kappa shape index (κ2) is 7.03. The summed E-state index contributed by atoms with van der Waals surface area (Å²) in [5.74, 6) is 1.83. The molecule has 144 valence electrons. The van der Waals surface area contributed by atoms with Crippen molar-refractivity contribution < 1.29 is 9.53 Å². The summed E-state index contributed by atoms with van der Waals surface area (Å²) in [5.41, 5.74) is 1.97. The summed E-state index contributed by atoms with van der Waals surface area (Å²) in [6, 6.07) is 11.9. The molecule has 1 unspecified atom stereocenters. The first-order valence-electron chi connectivity index (χ1n) is 9.58. The summed E-state index contributed by atoms with van der Waals surface area (Å²) in [6.07, 6.45) is 4.38. The molecule has 2 aliphatic rings. The van der Waals surface area contributed by atoms with Crippen LogP contribution in [0.15, 0.2) is 48.8 Å². The van der Waals surface area contributed by atoms with Gasteiger partial charge in [-0.05, 0) is 30.2 Å². The van der Waals surface area contributed by atoms with Gasteiger partial charge in [0.05, 0.1) is 6.04 Å². The van der Waals surface area contributed by atoms with Crippen LogP contribution in [0.5, 0.6) is 5.75 Å². The van der Waals surface area contributed by atoms with Crippen molar-refractivity contribution in [1.29, 1.82) is 0 Å². The molecule has 5 rings (SSSR count). The molecule has 8 heteroatoms. The molecule has 1 fully saturated rings. The third-order valence-corrected chi connectivity index (χ3v) is 5.34. The first-order valence-corrected chi connectivity index (χ1v) is 9.58. The minimum Gasteiger partial charge on any atom is -0.491 e. The SMILES string of the molecule is O=C(NC1COc2ccccc2C1)N1CCN(c2ccc3nccn3n2)CC1.